The first-order chi connectivity index (χ1) is 17.8. The maximum atomic E-state index is 13.4. The van der Waals surface area contributed by atoms with Gasteiger partial charge in [-0.3, -0.25) is 14.9 Å². The molecule has 2 heterocycles. The zero-order chi connectivity index (χ0) is 25.4. The lowest BCUT2D eigenvalue weighted by Gasteiger charge is -2.30. The number of carbonyl (C=O) groups excluding carboxylic acids is 2. The van der Waals surface area contributed by atoms with Crippen LogP contribution in [0.5, 0.6) is 5.75 Å². The fourth-order valence-electron chi connectivity index (χ4n) is 6.37. The number of phenolic OH excluding ortho intramolecular Hbond substituents is 1. The Balaban J connectivity index is 1.06. The summed E-state index contributed by atoms with van der Waals surface area (Å²) >= 11 is 0. The van der Waals surface area contributed by atoms with Gasteiger partial charge >= 0.3 is 0 Å². The molecule has 3 aliphatic carbocycles. The summed E-state index contributed by atoms with van der Waals surface area (Å²) in [5.41, 5.74) is 0.847. The average molecular weight is 500 g/mol. The van der Waals surface area contributed by atoms with Crippen LogP contribution in [0, 0.1) is 5.92 Å². The molecule has 7 rings (SSSR count). The molecular formula is C30H33N3O4. The molecule has 2 unspecified atom stereocenters. The number of nitrogens with zero attached hydrogens (tertiary/aromatic N) is 2. The summed E-state index contributed by atoms with van der Waals surface area (Å²) in [6.07, 6.45) is 11.2. The molecule has 0 aromatic heterocycles. The van der Waals surface area contributed by atoms with Gasteiger partial charge in [-0.1, -0.05) is 42.5 Å². The first kappa shape index (κ1) is 23.0. The Labute approximate surface area is 216 Å². The van der Waals surface area contributed by atoms with Crippen LogP contribution in [0.2, 0.25) is 0 Å². The number of nitrogens with one attached hydrogen (secondary N) is 1. The van der Waals surface area contributed by atoms with Crippen LogP contribution in [0.4, 0.5) is 0 Å². The SMILES string of the molecule is O=C(N1CC[C@@H](CN2C(=O)C3(CC3)NC2C2=CCC(c3ccc4cc(O)ccc4c3)C=C2)C1)C1(O)CC1. The number of amides is 2. The van der Waals surface area contributed by atoms with E-state index in [2.05, 4.69) is 41.7 Å². The van der Waals surface area contributed by atoms with E-state index in [4.69, 9.17) is 0 Å². The standard InChI is InChI=1S/C30H33N3O4/c34-25-8-7-23-15-22(5-6-24(23)16-25)20-1-3-21(4-2-20)26-31-29(10-11-29)27(35)33(26)18-19-9-14-32(17-19)28(36)30(37)12-13-30/h1,3-8,15-16,19-20,26,31,34,37H,2,9-14,17-18H2/t19-,20?,26?/m1/s1. The number of hydrogen-bond donors (Lipinski definition) is 3. The number of fused-ring (bicyclic) bond motifs is 1. The molecule has 4 fully saturated rings. The van der Waals surface area contributed by atoms with E-state index >= 15 is 0 Å². The Morgan fingerprint density at radius 3 is 2.59 bits per heavy atom. The summed E-state index contributed by atoms with van der Waals surface area (Å²) in [7, 11) is 0. The molecule has 3 N–H and O–H groups in total. The minimum atomic E-state index is -1.12. The van der Waals surface area contributed by atoms with Gasteiger partial charge in [-0.05, 0) is 78.5 Å². The molecule has 2 amide bonds. The molecule has 7 heteroatoms. The molecule has 2 saturated heterocycles. The lowest BCUT2D eigenvalue weighted by Crippen LogP contribution is -2.43. The summed E-state index contributed by atoms with van der Waals surface area (Å²) in [6, 6.07) is 11.8. The summed E-state index contributed by atoms with van der Waals surface area (Å²) in [5.74, 6) is 0.832. The zero-order valence-electron chi connectivity index (χ0n) is 20.9. The minimum absolute atomic E-state index is 0.134. The van der Waals surface area contributed by atoms with E-state index in [0.717, 1.165) is 42.0 Å². The quantitative estimate of drug-likeness (QED) is 0.588. The maximum Gasteiger partial charge on any atom is 0.254 e. The van der Waals surface area contributed by atoms with E-state index in [9.17, 15) is 19.8 Å². The lowest BCUT2D eigenvalue weighted by molar-refractivity contribution is -0.141. The molecule has 0 radical (unpaired) electrons. The molecular weight excluding hydrogens is 466 g/mol. The fraction of sp³-hybridized carbons (Fsp3) is 0.467. The highest BCUT2D eigenvalue weighted by molar-refractivity contribution is 5.92. The topological polar surface area (TPSA) is 93.1 Å². The Morgan fingerprint density at radius 2 is 1.86 bits per heavy atom. The molecule has 3 atom stereocenters. The van der Waals surface area contributed by atoms with Crippen molar-refractivity contribution < 1.29 is 19.8 Å². The van der Waals surface area contributed by atoms with E-state index in [1.165, 1.54) is 5.56 Å². The van der Waals surface area contributed by atoms with Gasteiger partial charge in [-0.25, -0.2) is 0 Å². The van der Waals surface area contributed by atoms with Crippen molar-refractivity contribution in [2.24, 2.45) is 5.92 Å². The molecule has 2 saturated carbocycles. The number of benzene rings is 2. The number of hydrogen-bond acceptors (Lipinski definition) is 5. The third-order valence-corrected chi connectivity index (χ3v) is 9.01. The second kappa shape index (κ2) is 8.17. The molecule has 37 heavy (non-hydrogen) atoms. The van der Waals surface area contributed by atoms with E-state index in [0.29, 0.717) is 32.5 Å². The molecule has 192 valence electrons. The van der Waals surface area contributed by atoms with Crippen LogP contribution in [0.1, 0.15) is 50.0 Å². The van der Waals surface area contributed by atoms with E-state index in [1.807, 2.05) is 11.0 Å². The Morgan fingerprint density at radius 1 is 1.08 bits per heavy atom. The molecule has 0 bridgehead atoms. The zero-order valence-corrected chi connectivity index (χ0v) is 20.9. The molecule has 5 aliphatic rings. The molecule has 2 aromatic rings. The fourth-order valence-corrected chi connectivity index (χ4v) is 6.37. The number of carbonyl (C=O) groups is 2. The summed E-state index contributed by atoms with van der Waals surface area (Å²) < 4.78 is 0. The number of phenols is 1. The van der Waals surface area contributed by atoms with Gasteiger partial charge in [0.05, 0.1) is 0 Å². The summed E-state index contributed by atoms with van der Waals surface area (Å²) in [6.45, 7) is 1.90. The molecule has 2 aromatic carbocycles. The van der Waals surface area contributed by atoms with Crippen LogP contribution >= 0.6 is 0 Å². The Kier molecular flexibility index (Phi) is 5.08. The van der Waals surface area contributed by atoms with Crippen molar-refractivity contribution in [3.8, 4) is 5.75 Å². The average Bonchev–Trinajstić information content (AvgIpc) is 3.79. The maximum absolute atomic E-state index is 13.4. The van der Waals surface area contributed by atoms with Gasteiger partial charge in [0.15, 0.2) is 0 Å². The van der Waals surface area contributed by atoms with Crippen LogP contribution in [-0.4, -0.2) is 68.8 Å². The van der Waals surface area contributed by atoms with E-state index in [1.54, 1.807) is 17.0 Å². The van der Waals surface area contributed by atoms with Gasteiger partial charge in [-0.2, -0.15) is 0 Å². The van der Waals surface area contributed by atoms with Gasteiger partial charge < -0.3 is 20.0 Å². The van der Waals surface area contributed by atoms with Gasteiger partial charge in [0.1, 0.15) is 23.1 Å². The normalized spacial score (nSPS) is 29.3. The Bertz CT molecular complexity index is 1360. The number of rotatable bonds is 5. The third-order valence-electron chi connectivity index (χ3n) is 9.01. The first-order valence-corrected chi connectivity index (χ1v) is 13.6. The molecule has 1 spiro atoms. The highest BCUT2D eigenvalue weighted by Gasteiger charge is 2.60. The van der Waals surface area contributed by atoms with Crippen molar-refractivity contribution in [1.82, 2.24) is 15.1 Å². The minimum Gasteiger partial charge on any atom is -0.508 e. The second-order valence-electron chi connectivity index (χ2n) is 11.7. The smallest absolute Gasteiger partial charge is 0.254 e. The predicted octanol–water partition coefficient (Wildman–Crippen LogP) is 3.18. The van der Waals surface area contributed by atoms with Gasteiger partial charge in [-0.15, -0.1) is 0 Å². The van der Waals surface area contributed by atoms with Crippen molar-refractivity contribution >= 4 is 22.6 Å². The van der Waals surface area contributed by atoms with Gasteiger partial charge in [0.2, 0.25) is 5.91 Å². The van der Waals surface area contributed by atoms with Crippen LogP contribution in [0.25, 0.3) is 10.8 Å². The van der Waals surface area contributed by atoms with E-state index < -0.39 is 11.1 Å². The monoisotopic (exact) mass is 499 g/mol. The van der Waals surface area contributed by atoms with Crippen molar-refractivity contribution in [2.45, 2.75) is 61.7 Å². The number of allylic oxidation sites excluding steroid dienone is 2. The summed E-state index contributed by atoms with van der Waals surface area (Å²) in [5, 5.41) is 25.8. The highest BCUT2D eigenvalue weighted by atomic mass is 16.3. The number of likely N-dealkylation sites (tertiary alicyclic amines) is 1. The van der Waals surface area contributed by atoms with Crippen molar-refractivity contribution in [2.75, 3.05) is 19.6 Å². The van der Waals surface area contributed by atoms with Crippen LogP contribution in [0.3, 0.4) is 0 Å². The summed E-state index contributed by atoms with van der Waals surface area (Å²) in [4.78, 5) is 29.8. The Hall–Kier alpha value is -3.16. The van der Waals surface area contributed by atoms with Crippen molar-refractivity contribution in [3.63, 3.8) is 0 Å². The first-order valence-electron chi connectivity index (χ1n) is 13.6. The largest absolute Gasteiger partial charge is 0.508 e. The van der Waals surface area contributed by atoms with Gasteiger partial charge in [0, 0.05) is 25.6 Å². The van der Waals surface area contributed by atoms with E-state index in [-0.39, 0.29) is 35.6 Å². The number of aromatic hydroxyl groups is 1. The van der Waals surface area contributed by atoms with Crippen LogP contribution < -0.4 is 5.32 Å². The second-order valence-corrected chi connectivity index (χ2v) is 11.7. The third kappa shape index (κ3) is 3.96. The van der Waals surface area contributed by atoms with Crippen molar-refractivity contribution in [3.05, 3.63) is 65.8 Å². The number of aliphatic hydroxyl groups is 1. The lowest BCUT2D eigenvalue weighted by atomic mass is 9.88. The molecule has 2 aliphatic heterocycles. The van der Waals surface area contributed by atoms with Gasteiger partial charge in [0.25, 0.3) is 5.91 Å². The van der Waals surface area contributed by atoms with Crippen LogP contribution in [-0.2, 0) is 9.59 Å². The van der Waals surface area contributed by atoms with Crippen molar-refractivity contribution in [1.29, 1.82) is 0 Å². The predicted molar refractivity (Wildman–Crippen MR) is 140 cm³/mol. The van der Waals surface area contributed by atoms with Crippen LogP contribution in [0.15, 0.2) is 60.2 Å². The molecule has 7 nitrogen and oxygen atoms in total. The highest BCUT2D eigenvalue weighted by Crippen LogP contribution is 2.45.